The van der Waals surface area contributed by atoms with E-state index in [0.29, 0.717) is 24.2 Å². The highest BCUT2D eigenvalue weighted by Gasteiger charge is 2.35. The van der Waals surface area contributed by atoms with Crippen molar-refractivity contribution in [3.63, 3.8) is 0 Å². The SMILES string of the molecule is CC1(c2ccc(Cl)cn2)COc2cccc(C3CCNCC3)c2OC1. The first kappa shape index (κ1) is 16.7. The summed E-state index contributed by atoms with van der Waals surface area (Å²) in [6.07, 6.45) is 3.95. The molecule has 2 aliphatic rings. The first-order valence-corrected chi connectivity index (χ1v) is 9.25. The zero-order valence-corrected chi connectivity index (χ0v) is 15.2. The van der Waals surface area contributed by atoms with Gasteiger partial charge in [0.25, 0.3) is 0 Å². The topological polar surface area (TPSA) is 43.4 Å². The van der Waals surface area contributed by atoms with Crippen LogP contribution in [0.25, 0.3) is 0 Å². The Kier molecular flexibility index (Phi) is 4.57. The number of rotatable bonds is 2. The second kappa shape index (κ2) is 6.85. The van der Waals surface area contributed by atoms with Gasteiger partial charge in [-0.3, -0.25) is 4.98 Å². The summed E-state index contributed by atoms with van der Waals surface area (Å²) in [4.78, 5) is 4.49. The Balaban J connectivity index is 1.62. The lowest BCUT2D eigenvalue weighted by atomic mass is 9.88. The van der Waals surface area contributed by atoms with E-state index < -0.39 is 0 Å². The van der Waals surface area contributed by atoms with Gasteiger partial charge in [0, 0.05) is 11.8 Å². The fourth-order valence-electron chi connectivity index (χ4n) is 3.65. The quantitative estimate of drug-likeness (QED) is 0.883. The Morgan fingerprint density at radius 2 is 1.92 bits per heavy atom. The van der Waals surface area contributed by atoms with Crippen molar-refractivity contribution in [2.45, 2.75) is 31.1 Å². The van der Waals surface area contributed by atoms with E-state index in [1.165, 1.54) is 5.56 Å². The molecule has 3 heterocycles. The number of pyridine rings is 1. The van der Waals surface area contributed by atoms with Crippen molar-refractivity contribution in [1.82, 2.24) is 10.3 Å². The molecule has 1 unspecified atom stereocenters. The second-order valence-electron chi connectivity index (χ2n) is 7.20. The number of fused-ring (bicyclic) bond motifs is 1. The molecule has 1 N–H and O–H groups in total. The maximum atomic E-state index is 6.31. The predicted octanol–water partition coefficient (Wildman–Crippen LogP) is 3.93. The van der Waals surface area contributed by atoms with Gasteiger partial charge in [0.05, 0.1) is 16.1 Å². The zero-order chi connectivity index (χ0) is 17.3. The Morgan fingerprint density at radius 3 is 2.68 bits per heavy atom. The van der Waals surface area contributed by atoms with Gasteiger partial charge in [-0.25, -0.2) is 0 Å². The molecule has 0 amide bonds. The van der Waals surface area contributed by atoms with E-state index in [-0.39, 0.29) is 5.41 Å². The Morgan fingerprint density at radius 1 is 1.12 bits per heavy atom. The van der Waals surface area contributed by atoms with Gasteiger partial charge in [-0.05, 0) is 57.0 Å². The Labute approximate surface area is 153 Å². The summed E-state index contributed by atoms with van der Waals surface area (Å²) in [6.45, 7) is 5.31. The Hall–Kier alpha value is -1.78. The lowest BCUT2D eigenvalue weighted by molar-refractivity contribution is 0.185. The van der Waals surface area contributed by atoms with Crippen molar-refractivity contribution >= 4 is 11.6 Å². The molecule has 0 bridgehead atoms. The minimum atomic E-state index is -0.311. The molecule has 0 spiro atoms. The molecule has 4 nitrogen and oxygen atoms in total. The van der Waals surface area contributed by atoms with E-state index in [9.17, 15) is 0 Å². The summed E-state index contributed by atoms with van der Waals surface area (Å²) >= 11 is 5.98. The van der Waals surface area contributed by atoms with E-state index in [1.54, 1.807) is 6.20 Å². The number of benzene rings is 1. The van der Waals surface area contributed by atoms with Gasteiger partial charge in [-0.1, -0.05) is 23.7 Å². The smallest absolute Gasteiger partial charge is 0.164 e. The fourth-order valence-corrected chi connectivity index (χ4v) is 3.76. The lowest BCUT2D eigenvalue weighted by Crippen LogP contribution is -2.35. The van der Waals surface area contributed by atoms with Crippen LogP contribution in [-0.2, 0) is 5.41 Å². The van der Waals surface area contributed by atoms with Crippen LogP contribution in [0.3, 0.4) is 0 Å². The van der Waals surface area contributed by atoms with Crippen LogP contribution in [-0.4, -0.2) is 31.3 Å². The first-order chi connectivity index (χ1) is 12.2. The molecule has 1 aromatic heterocycles. The summed E-state index contributed by atoms with van der Waals surface area (Å²) in [7, 11) is 0. The molecular weight excluding hydrogens is 336 g/mol. The monoisotopic (exact) mass is 358 g/mol. The number of para-hydroxylation sites is 1. The molecule has 2 aliphatic heterocycles. The number of piperidine rings is 1. The van der Waals surface area contributed by atoms with Gasteiger partial charge in [-0.15, -0.1) is 0 Å². The predicted molar refractivity (Wildman–Crippen MR) is 98.9 cm³/mol. The highest BCUT2D eigenvalue weighted by Crippen LogP contribution is 2.42. The molecule has 5 heteroatoms. The fraction of sp³-hybridized carbons (Fsp3) is 0.450. The normalized spacial score (nSPS) is 23.9. The van der Waals surface area contributed by atoms with E-state index >= 15 is 0 Å². The zero-order valence-electron chi connectivity index (χ0n) is 14.4. The average molecular weight is 359 g/mol. The van der Waals surface area contributed by atoms with Crippen molar-refractivity contribution in [1.29, 1.82) is 0 Å². The van der Waals surface area contributed by atoms with Gasteiger partial charge >= 0.3 is 0 Å². The van der Waals surface area contributed by atoms with Gasteiger partial charge in [0.1, 0.15) is 13.2 Å². The summed E-state index contributed by atoms with van der Waals surface area (Å²) in [6, 6.07) is 10.1. The summed E-state index contributed by atoms with van der Waals surface area (Å²) < 4.78 is 12.5. The van der Waals surface area contributed by atoms with Crippen LogP contribution in [0.2, 0.25) is 5.02 Å². The van der Waals surface area contributed by atoms with Crippen LogP contribution in [0.4, 0.5) is 0 Å². The maximum Gasteiger partial charge on any atom is 0.164 e. The second-order valence-corrected chi connectivity index (χ2v) is 7.63. The molecule has 25 heavy (non-hydrogen) atoms. The van der Waals surface area contributed by atoms with Crippen molar-refractivity contribution in [3.05, 3.63) is 52.8 Å². The van der Waals surface area contributed by atoms with Gasteiger partial charge in [-0.2, -0.15) is 0 Å². The van der Waals surface area contributed by atoms with E-state index in [1.807, 2.05) is 18.2 Å². The van der Waals surface area contributed by atoms with Gasteiger partial charge in [0.2, 0.25) is 0 Å². The summed E-state index contributed by atoms with van der Waals surface area (Å²) in [5, 5.41) is 4.06. The van der Waals surface area contributed by atoms with E-state index in [2.05, 4.69) is 29.4 Å². The molecule has 1 atom stereocenters. The molecule has 0 radical (unpaired) electrons. The molecule has 1 aromatic carbocycles. The minimum absolute atomic E-state index is 0.311. The highest BCUT2D eigenvalue weighted by atomic mass is 35.5. The van der Waals surface area contributed by atoms with Crippen molar-refractivity contribution in [2.24, 2.45) is 0 Å². The number of hydrogen-bond donors (Lipinski definition) is 1. The number of nitrogens with one attached hydrogen (secondary N) is 1. The van der Waals surface area contributed by atoms with Crippen LogP contribution in [0.15, 0.2) is 36.5 Å². The molecule has 1 fully saturated rings. The largest absolute Gasteiger partial charge is 0.489 e. The Bertz CT molecular complexity index is 744. The van der Waals surface area contributed by atoms with Crippen molar-refractivity contribution in [2.75, 3.05) is 26.3 Å². The molecule has 1 saturated heterocycles. The number of nitrogens with zero attached hydrogens (tertiary/aromatic N) is 1. The molecule has 132 valence electrons. The number of halogens is 1. The van der Waals surface area contributed by atoms with E-state index in [4.69, 9.17) is 21.1 Å². The molecular formula is C20H23ClN2O2. The van der Waals surface area contributed by atoms with Crippen LogP contribution in [0, 0.1) is 0 Å². The number of hydrogen-bond acceptors (Lipinski definition) is 4. The third-order valence-electron chi connectivity index (χ3n) is 5.22. The highest BCUT2D eigenvalue weighted by molar-refractivity contribution is 6.30. The third-order valence-corrected chi connectivity index (χ3v) is 5.44. The summed E-state index contributed by atoms with van der Waals surface area (Å²) in [5.74, 6) is 2.28. The maximum absolute atomic E-state index is 6.31. The van der Waals surface area contributed by atoms with Crippen LogP contribution in [0.1, 0.15) is 36.9 Å². The number of aromatic nitrogens is 1. The molecule has 4 rings (SSSR count). The first-order valence-electron chi connectivity index (χ1n) is 8.87. The number of ether oxygens (including phenoxy) is 2. The van der Waals surface area contributed by atoms with Crippen molar-refractivity contribution < 1.29 is 9.47 Å². The summed E-state index contributed by atoms with van der Waals surface area (Å²) in [5.41, 5.74) is 1.90. The average Bonchev–Trinajstić information content (AvgIpc) is 2.83. The molecule has 0 aliphatic carbocycles. The van der Waals surface area contributed by atoms with E-state index in [0.717, 1.165) is 43.1 Å². The van der Waals surface area contributed by atoms with Gasteiger partial charge in [0.15, 0.2) is 11.5 Å². The van der Waals surface area contributed by atoms with Crippen LogP contribution in [0.5, 0.6) is 11.5 Å². The third kappa shape index (κ3) is 3.33. The molecule has 0 saturated carbocycles. The standard InChI is InChI=1S/C20H23ClN2O2/c1-20(18-6-5-15(21)11-23-18)12-24-17-4-2-3-16(19(17)25-13-20)14-7-9-22-10-8-14/h2-6,11,14,22H,7-10,12-13H2,1H3. The minimum Gasteiger partial charge on any atom is -0.489 e. The van der Waals surface area contributed by atoms with Crippen LogP contribution >= 0.6 is 11.6 Å². The lowest BCUT2D eigenvalue weighted by Gasteiger charge is -2.26. The molecule has 2 aromatic rings. The van der Waals surface area contributed by atoms with Gasteiger partial charge < -0.3 is 14.8 Å². The van der Waals surface area contributed by atoms with Crippen molar-refractivity contribution in [3.8, 4) is 11.5 Å². The van der Waals surface area contributed by atoms with Crippen LogP contribution < -0.4 is 14.8 Å².